The molecule has 1 aliphatic heterocycles. The van der Waals surface area contributed by atoms with Gasteiger partial charge in [0.05, 0.1) is 6.61 Å². The Morgan fingerprint density at radius 2 is 1.97 bits per heavy atom. The van der Waals surface area contributed by atoms with Crippen LogP contribution in [0.15, 0.2) is 42.5 Å². The van der Waals surface area contributed by atoms with Gasteiger partial charge in [-0.2, -0.15) is 0 Å². The first-order valence-electron chi connectivity index (χ1n) is 11.7. The van der Waals surface area contributed by atoms with Crippen LogP contribution in [0.4, 0.5) is 4.39 Å². The van der Waals surface area contributed by atoms with Crippen LogP contribution in [0, 0.1) is 5.82 Å². The van der Waals surface area contributed by atoms with Crippen molar-refractivity contribution in [1.82, 2.24) is 9.62 Å². The second kappa shape index (κ2) is 9.12. The van der Waals surface area contributed by atoms with Crippen molar-refractivity contribution < 1.29 is 17.5 Å². The standard InChI is InChI=1S/C25H31FN2O3S/c26-20-5-1-4-18(14-20)15-23-22-17-21(7-6-19(22)16-24(23)28-11-3-12-28)31-13-10-25(8-2-9-25)27-32(29)30/h1,4-7,14,17,23-24,32H,2-3,8-13,15-16H2,(H,27,29,30). The van der Waals surface area contributed by atoms with E-state index in [-0.39, 0.29) is 11.4 Å². The van der Waals surface area contributed by atoms with Gasteiger partial charge < -0.3 is 4.74 Å². The normalized spacial score (nSPS) is 24.1. The fourth-order valence-electron chi connectivity index (χ4n) is 5.57. The molecule has 2 atom stereocenters. The van der Waals surface area contributed by atoms with Gasteiger partial charge in [-0.05, 0) is 92.6 Å². The monoisotopic (exact) mass is 458 g/mol. The molecule has 5 rings (SSSR count). The first-order valence-corrected chi connectivity index (χ1v) is 12.9. The molecule has 7 heteroatoms. The molecule has 32 heavy (non-hydrogen) atoms. The maximum absolute atomic E-state index is 13.8. The minimum Gasteiger partial charge on any atom is -0.494 e. The minimum atomic E-state index is -2.60. The number of nitrogens with zero attached hydrogens (tertiary/aromatic N) is 1. The second-order valence-electron chi connectivity index (χ2n) is 9.56. The first kappa shape index (κ1) is 21.9. The lowest BCUT2D eigenvalue weighted by atomic mass is 9.75. The van der Waals surface area contributed by atoms with E-state index in [2.05, 4.69) is 21.8 Å². The molecule has 0 bridgehead atoms. The van der Waals surface area contributed by atoms with Crippen LogP contribution in [-0.4, -0.2) is 44.6 Å². The molecule has 0 aromatic heterocycles. The Labute approximate surface area is 191 Å². The maximum Gasteiger partial charge on any atom is 0.201 e. The van der Waals surface area contributed by atoms with Crippen LogP contribution in [-0.2, 0) is 23.7 Å². The predicted octanol–water partition coefficient (Wildman–Crippen LogP) is 3.59. The van der Waals surface area contributed by atoms with Crippen molar-refractivity contribution in [2.75, 3.05) is 19.7 Å². The molecule has 3 aliphatic rings. The fourth-order valence-corrected chi connectivity index (χ4v) is 6.29. The quantitative estimate of drug-likeness (QED) is 0.564. The Bertz CT molecular complexity index is 1040. The molecule has 2 aliphatic carbocycles. The minimum absolute atomic E-state index is 0.184. The Morgan fingerprint density at radius 3 is 2.62 bits per heavy atom. The number of fused-ring (bicyclic) bond motifs is 1. The topological polar surface area (TPSA) is 58.6 Å². The molecule has 1 saturated carbocycles. The van der Waals surface area contributed by atoms with Crippen LogP contribution in [0.25, 0.3) is 0 Å². The summed E-state index contributed by atoms with van der Waals surface area (Å²) in [5, 5.41) is 0. The number of rotatable bonds is 9. The summed E-state index contributed by atoms with van der Waals surface area (Å²) in [5.74, 6) is 0.967. The van der Waals surface area contributed by atoms with Gasteiger partial charge in [0.1, 0.15) is 11.6 Å². The van der Waals surface area contributed by atoms with Gasteiger partial charge in [-0.1, -0.05) is 18.2 Å². The zero-order valence-corrected chi connectivity index (χ0v) is 19.2. The van der Waals surface area contributed by atoms with Crippen molar-refractivity contribution in [1.29, 1.82) is 0 Å². The molecule has 2 aromatic carbocycles. The summed E-state index contributed by atoms with van der Waals surface area (Å²) in [4.78, 5) is 2.56. The highest BCUT2D eigenvalue weighted by Gasteiger charge is 2.39. The Kier molecular flexibility index (Phi) is 6.23. The number of hydrogen-bond donors (Lipinski definition) is 2. The van der Waals surface area contributed by atoms with Gasteiger partial charge in [-0.25, -0.2) is 17.5 Å². The van der Waals surface area contributed by atoms with Gasteiger partial charge in [0, 0.05) is 23.9 Å². The average Bonchev–Trinajstić information content (AvgIpc) is 3.02. The smallest absolute Gasteiger partial charge is 0.201 e. The van der Waals surface area contributed by atoms with Crippen LogP contribution in [0.3, 0.4) is 0 Å². The Morgan fingerprint density at radius 1 is 1.12 bits per heavy atom. The van der Waals surface area contributed by atoms with Gasteiger partial charge >= 0.3 is 0 Å². The molecular formula is C25H31FN2O3S. The van der Waals surface area contributed by atoms with Gasteiger partial charge in [0.25, 0.3) is 0 Å². The number of thiol groups is 1. The van der Waals surface area contributed by atoms with Crippen LogP contribution in [0.1, 0.15) is 54.7 Å². The van der Waals surface area contributed by atoms with E-state index < -0.39 is 10.9 Å². The fraction of sp³-hybridized carbons (Fsp3) is 0.520. The summed E-state index contributed by atoms with van der Waals surface area (Å²) in [7, 11) is -2.60. The number of nitrogens with one attached hydrogen (secondary N) is 1. The third-order valence-electron chi connectivity index (χ3n) is 7.60. The van der Waals surface area contributed by atoms with Crippen LogP contribution in [0.5, 0.6) is 5.75 Å². The number of hydrogen-bond acceptors (Lipinski definition) is 4. The molecule has 2 unspecified atom stereocenters. The average molecular weight is 459 g/mol. The van der Waals surface area contributed by atoms with Crippen molar-refractivity contribution in [3.8, 4) is 5.75 Å². The summed E-state index contributed by atoms with van der Waals surface area (Å²) >= 11 is 0. The van der Waals surface area contributed by atoms with Crippen LogP contribution >= 0.6 is 0 Å². The third kappa shape index (κ3) is 4.56. The SMILES string of the molecule is O=[SH](=O)NC1(CCOc2ccc3c(c2)C(Cc2cccc(F)c2)C(N2CCC2)C3)CCC1. The van der Waals surface area contributed by atoms with Crippen LogP contribution < -0.4 is 9.46 Å². The molecule has 1 heterocycles. The molecule has 0 amide bonds. The van der Waals surface area contributed by atoms with E-state index in [1.165, 1.54) is 23.6 Å². The summed E-state index contributed by atoms with van der Waals surface area (Å²) in [6.07, 6.45) is 6.57. The largest absolute Gasteiger partial charge is 0.494 e. The molecular weight excluding hydrogens is 427 g/mol. The molecule has 2 fully saturated rings. The molecule has 2 aromatic rings. The van der Waals surface area contributed by atoms with Crippen molar-refractivity contribution >= 4 is 10.9 Å². The van der Waals surface area contributed by atoms with Crippen molar-refractivity contribution in [2.45, 2.75) is 62.4 Å². The van der Waals surface area contributed by atoms with Crippen molar-refractivity contribution in [3.63, 3.8) is 0 Å². The third-order valence-corrected chi connectivity index (χ3v) is 8.26. The number of halogens is 1. The molecule has 1 N–H and O–H groups in total. The molecule has 172 valence electrons. The predicted molar refractivity (Wildman–Crippen MR) is 123 cm³/mol. The van der Waals surface area contributed by atoms with Crippen LogP contribution in [0.2, 0.25) is 0 Å². The van der Waals surface area contributed by atoms with Gasteiger partial charge in [-0.3, -0.25) is 4.90 Å². The summed E-state index contributed by atoms with van der Waals surface area (Å²) in [5.41, 5.74) is 3.37. The molecule has 0 spiro atoms. The summed E-state index contributed by atoms with van der Waals surface area (Å²) in [6.45, 7) is 2.76. The number of likely N-dealkylation sites (tertiary alicyclic amines) is 1. The van der Waals surface area contributed by atoms with E-state index in [0.29, 0.717) is 25.0 Å². The van der Waals surface area contributed by atoms with E-state index in [1.807, 2.05) is 12.1 Å². The number of benzene rings is 2. The summed E-state index contributed by atoms with van der Waals surface area (Å²) < 4.78 is 44.9. The lowest BCUT2D eigenvalue weighted by Gasteiger charge is -2.40. The van der Waals surface area contributed by atoms with E-state index in [9.17, 15) is 12.8 Å². The zero-order valence-electron chi connectivity index (χ0n) is 18.3. The lowest BCUT2D eigenvalue weighted by Crippen LogP contribution is -2.51. The van der Waals surface area contributed by atoms with Crippen molar-refractivity contribution in [2.24, 2.45) is 0 Å². The van der Waals surface area contributed by atoms with E-state index in [1.54, 1.807) is 12.1 Å². The van der Waals surface area contributed by atoms with Gasteiger partial charge in [0.2, 0.25) is 10.9 Å². The Hall–Kier alpha value is -1.96. The second-order valence-corrected chi connectivity index (χ2v) is 10.3. The highest BCUT2D eigenvalue weighted by Crippen LogP contribution is 2.42. The van der Waals surface area contributed by atoms with E-state index in [4.69, 9.17) is 4.74 Å². The highest BCUT2D eigenvalue weighted by atomic mass is 32.2. The first-order chi connectivity index (χ1) is 15.5. The van der Waals surface area contributed by atoms with Gasteiger partial charge in [0.15, 0.2) is 0 Å². The van der Waals surface area contributed by atoms with E-state index in [0.717, 1.165) is 56.5 Å². The molecule has 1 saturated heterocycles. The summed E-state index contributed by atoms with van der Waals surface area (Å²) in [6, 6.07) is 13.8. The van der Waals surface area contributed by atoms with Gasteiger partial charge in [-0.15, -0.1) is 0 Å². The van der Waals surface area contributed by atoms with Crippen molar-refractivity contribution in [3.05, 3.63) is 65.0 Å². The lowest BCUT2D eigenvalue weighted by molar-refractivity contribution is 0.106. The zero-order chi connectivity index (χ0) is 22.1. The molecule has 0 radical (unpaired) electrons. The molecule has 5 nitrogen and oxygen atoms in total. The Balaban J connectivity index is 1.31. The number of ether oxygens (including phenoxy) is 1. The maximum atomic E-state index is 13.8. The van der Waals surface area contributed by atoms with E-state index >= 15 is 0 Å². The highest BCUT2D eigenvalue weighted by molar-refractivity contribution is 7.70.